The predicted octanol–water partition coefficient (Wildman–Crippen LogP) is 3.82. The van der Waals surface area contributed by atoms with Gasteiger partial charge in [0.25, 0.3) is 0 Å². The van der Waals surface area contributed by atoms with Crippen molar-refractivity contribution in [3.8, 4) is 0 Å². The molecule has 4 aliphatic carbocycles. The summed E-state index contributed by atoms with van der Waals surface area (Å²) in [6.45, 7) is 0. The van der Waals surface area contributed by atoms with Crippen molar-refractivity contribution in [3.05, 3.63) is 5.92 Å². The van der Waals surface area contributed by atoms with Crippen LogP contribution in [0.3, 0.4) is 0 Å². The fraction of sp³-hybridized carbons (Fsp3) is 0.929. The van der Waals surface area contributed by atoms with Crippen LogP contribution in [-0.2, 0) is 0 Å². The molecule has 5 atom stereocenters. The minimum atomic E-state index is 1.10. The maximum Gasteiger partial charge on any atom is -0.0173 e. The highest BCUT2D eigenvalue weighted by molar-refractivity contribution is 5.16. The zero-order valence-corrected chi connectivity index (χ0v) is 9.04. The third-order valence-electron chi connectivity index (χ3n) is 5.80. The molecule has 0 heteroatoms. The van der Waals surface area contributed by atoms with Crippen molar-refractivity contribution in [2.24, 2.45) is 29.6 Å². The van der Waals surface area contributed by atoms with E-state index in [0.29, 0.717) is 0 Å². The van der Waals surface area contributed by atoms with E-state index in [0.717, 1.165) is 29.6 Å². The lowest BCUT2D eigenvalue weighted by atomic mass is 9.72. The maximum atomic E-state index is 2.06. The zero-order valence-electron chi connectivity index (χ0n) is 9.04. The molecule has 4 aliphatic rings. The first-order chi connectivity index (χ1) is 6.90. The third-order valence-corrected chi connectivity index (χ3v) is 5.80. The summed E-state index contributed by atoms with van der Waals surface area (Å²) < 4.78 is 0. The standard InChI is InChI=1S/C14H21/c1-3-11-5-9(1)7-13(11)14-8-10-2-4-12(14)6-10/h9-13H,1-8H2. The molecule has 0 aromatic heterocycles. The van der Waals surface area contributed by atoms with Crippen molar-refractivity contribution in [3.63, 3.8) is 0 Å². The summed E-state index contributed by atoms with van der Waals surface area (Å²) in [7, 11) is 0. The first-order valence-electron chi connectivity index (χ1n) is 6.75. The Bertz CT molecular complexity index is 218. The fourth-order valence-electron chi connectivity index (χ4n) is 5.25. The van der Waals surface area contributed by atoms with Gasteiger partial charge in [0.05, 0.1) is 0 Å². The lowest BCUT2D eigenvalue weighted by Crippen LogP contribution is -2.23. The van der Waals surface area contributed by atoms with E-state index in [9.17, 15) is 0 Å². The SMILES string of the molecule is C1CC2CC1C[C]2C1CC2CCC1C2. The molecule has 0 aromatic carbocycles. The third kappa shape index (κ3) is 1.01. The van der Waals surface area contributed by atoms with Gasteiger partial charge in [-0.15, -0.1) is 0 Å². The molecule has 0 aliphatic heterocycles. The van der Waals surface area contributed by atoms with Gasteiger partial charge in [-0.3, -0.25) is 0 Å². The van der Waals surface area contributed by atoms with Crippen molar-refractivity contribution in [2.45, 2.75) is 51.4 Å². The molecule has 0 saturated heterocycles. The lowest BCUT2D eigenvalue weighted by molar-refractivity contribution is 0.293. The van der Waals surface area contributed by atoms with Crippen LogP contribution < -0.4 is 0 Å². The predicted molar refractivity (Wildman–Crippen MR) is 57.6 cm³/mol. The van der Waals surface area contributed by atoms with Crippen LogP contribution in [0.2, 0.25) is 0 Å². The van der Waals surface area contributed by atoms with E-state index in [1.807, 2.05) is 0 Å². The van der Waals surface area contributed by atoms with Crippen molar-refractivity contribution >= 4 is 0 Å². The van der Waals surface area contributed by atoms with E-state index in [1.54, 1.807) is 51.4 Å². The average molecular weight is 189 g/mol. The van der Waals surface area contributed by atoms with Crippen LogP contribution >= 0.6 is 0 Å². The van der Waals surface area contributed by atoms with Gasteiger partial charge in [0.2, 0.25) is 0 Å². The van der Waals surface area contributed by atoms with Gasteiger partial charge < -0.3 is 0 Å². The molecule has 0 nitrogen and oxygen atoms in total. The fourth-order valence-corrected chi connectivity index (χ4v) is 5.25. The summed E-state index contributed by atoms with van der Waals surface area (Å²) >= 11 is 0. The van der Waals surface area contributed by atoms with Crippen LogP contribution in [0.25, 0.3) is 0 Å². The Morgan fingerprint density at radius 3 is 2.29 bits per heavy atom. The summed E-state index contributed by atoms with van der Waals surface area (Å²) in [4.78, 5) is 0. The van der Waals surface area contributed by atoms with Gasteiger partial charge in [0, 0.05) is 0 Å². The Hall–Kier alpha value is 0. The topological polar surface area (TPSA) is 0 Å². The Balaban J connectivity index is 1.54. The van der Waals surface area contributed by atoms with Gasteiger partial charge in [-0.25, -0.2) is 0 Å². The molecule has 0 aromatic rings. The largest absolute Gasteiger partial charge is 0.0502 e. The summed E-state index contributed by atoms with van der Waals surface area (Å²) in [5.74, 6) is 7.71. The molecule has 0 N–H and O–H groups in total. The Morgan fingerprint density at radius 2 is 1.71 bits per heavy atom. The second-order valence-corrected chi connectivity index (χ2v) is 6.44. The summed E-state index contributed by atoms with van der Waals surface area (Å²) in [6, 6.07) is 0. The van der Waals surface area contributed by atoms with E-state index in [4.69, 9.17) is 0 Å². The molecule has 77 valence electrons. The first kappa shape index (κ1) is 8.19. The smallest absolute Gasteiger partial charge is 0.0173 e. The molecule has 0 amide bonds. The summed E-state index contributed by atoms with van der Waals surface area (Å²) in [6.07, 6.45) is 12.6. The minimum absolute atomic E-state index is 1.10. The second kappa shape index (κ2) is 2.77. The molecule has 0 heterocycles. The average Bonchev–Trinajstić information content (AvgIpc) is 2.96. The molecule has 4 bridgehead atoms. The number of fused-ring (bicyclic) bond motifs is 4. The monoisotopic (exact) mass is 189 g/mol. The molecule has 5 unspecified atom stereocenters. The highest BCUT2D eigenvalue weighted by Crippen LogP contribution is 2.60. The van der Waals surface area contributed by atoms with E-state index in [1.165, 1.54) is 0 Å². The molecular formula is C14H21. The summed E-state index contributed by atoms with van der Waals surface area (Å²) in [5, 5.41) is 0. The van der Waals surface area contributed by atoms with Crippen LogP contribution in [0.5, 0.6) is 0 Å². The zero-order chi connectivity index (χ0) is 9.12. The van der Waals surface area contributed by atoms with E-state index >= 15 is 0 Å². The van der Waals surface area contributed by atoms with E-state index in [-0.39, 0.29) is 0 Å². The van der Waals surface area contributed by atoms with Crippen molar-refractivity contribution < 1.29 is 0 Å². The number of hydrogen-bond donors (Lipinski definition) is 0. The molecule has 4 rings (SSSR count). The molecule has 4 fully saturated rings. The number of hydrogen-bond acceptors (Lipinski definition) is 0. The van der Waals surface area contributed by atoms with Crippen molar-refractivity contribution in [1.29, 1.82) is 0 Å². The van der Waals surface area contributed by atoms with Gasteiger partial charge in [-0.05, 0) is 74.0 Å². The van der Waals surface area contributed by atoms with Gasteiger partial charge >= 0.3 is 0 Å². The van der Waals surface area contributed by atoms with E-state index in [2.05, 4.69) is 5.92 Å². The molecule has 0 spiro atoms. The van der Waals surface area contributed by atoms with Gasteiger partial charge in [0.1, 0.15) is 0 Å². The van der Waals surface area contributed by atoms with Crippen LogP contribution in [0.4, 0.5) is 0 Å². The highest BCUT2D eigenvalue weighted by Gasteiger charge is 2.50. The Labute approximate surface area is 87.5 Å². The van der Waals surface area contributed by atoms with Crippen LogP contribution in [0, 0.1) is 35.5 Å². The first-order valence-corrected chi connectivity index (χ1v) is 6.75. The Kier molecular flexibility index (Phi) is 1.62. The van der Waals surface area contributed by atoms with E-state index < -0.39 is 0 Å². The normalized spacial score (nSPS) is 56.1. The van der Waals surface area contributed by atoms with Crippen molar-refractivity contribution in [1.82, 2.24) is 0 Å². The van der Waals surface area contributed by atoms with Crippen LogP contribution in [0.1, 0.15) is 51.4 Å². The molecule has 14 heavy (non-hydrogen) atoms. The quantitative estimate of drug-likeness (QED) is 0.588. The molecular weight excluding hydrogens is 168 g/mol. The van der Waals surface area contributed by atoms with Crippen LogP contribution in [-0.4, -0.2) is 0 Å². The molecule has 4 saturated carbocycles. The lowest BCUT2D eigenvalue weighted by Gasteiger charge is -2.32. The number of rotatable bonds is 1. The molecule has 1 radical (unpaired) electrons. The summed E-state index contributed by atoms with van der Waals surface area (Å²) in [5.41, 5.74) is 0. The van der Waals surface area contributed by atoms with Gasteiger partial charge in [-0.1, -0.05) is 12.8 Å². The maximum absolute atomic E-state index is 2.06. The highest BCUT2D eigenvalue weighted by atomic mass is 14.5. The van der Waals surface area contributed by atoms with Gasteiger partial charge in [-0.2, -0.15) is 0 Å². The van der Waals surface area contributed by atoms with Gasteiger partial charge in [0.15, 0.2) is 0 Å². The van der Waals surface area contributed by atoms with Crippen LogP contribution in [0.15, 0.2) is 0 Å². The van der Waals surface area contributed by atoms with Crippen molar-refractivity contribution in [2.75, 3.05) is 0 Å². The minimum Gasteiger partial charge on any atom is -0.0502 e. The second-order valence-electron chi connectivity index (χ2n) is 6.44. The Morgan fingerprint density at radius 1 is 0.786 bits per heavy atom.